The molecule has 5 heteroatoms. The number of nitrogen functional groups attached to an aromatic ring is 1. The van der Waals surface area contributed by atoms with Gasteiger partial charge in [0.15, 0.2) is 0 Å². The Labute approximate surface area is 107 Å². The Morgan fingerprint density at radius 1 is 1.50 bits per heavy atom. The standard InChI is InChI=1S/C13H19FN2O2/c1-9(2)16(7-8-18-3)13(17)10-5-4-6-11(14)12(10)15/h4-6,9H,7-8,15H2,1-3H3. The first-order chi connectivity index (χ1) is 8.49. The molecule has 1 rings (SSSR count). The van der Waals surface area contributed by atoms with E-state index in [2.05, 4.69) is 0 Å². The number of para-hydroxylation sites is 1. The Morgan fingerprint density at radius 3 is 2.72 bits per heavy atom. The van der Waals surface area contributed by atoms with Gasteiger partial charge in [-0.05, 0) is 26.0 Å². The van der Waals surface area contributed by atoms with Crippen molar-refractivity contribution in [1.82, 2.24) is 4.90 Å². The van der Waals surface area contributed by atoms with Crippen LogP contribution in [0.25, 0.3) is 0 Å². The van der Waals surface area contributed by atoms with Crippen LogP contribution in [0.4, 0.5) is 10.1 Å². The monoisotopic (exact) mass is 254 g/mol. The Morgan fingerprint density at radius 2 is 2.17 bits per heavy atom. The van der Waals surface area contributed by atoms with E-state index in [9.17, 15) is 9.18 Å². The van der Waals surface area contributed by atoms with Crippen molar-refractivity contribution in [2.24, 2.45) is 0 Å². The van der Waals surface area contributed by atoms with Gasteiger partial charge in [-0.2, -0.15) is 0 Å². The minimum absolute atomic E-state index is 0.00434. The smallest absolute Gasteiger partial charge is 0.256 e. The van der Waals surface area contributed by atoms with Gasteiger partial charge in [0.25, 0.3) is 5.91 Å². The zero-order valence-electron chi connectivity index (χ0n) is 10.9. The van der Waals surface area contributed by atoms with Gasteiger partial charge < -0.3 is 15.4 Å². The highest BCUT2D eigenvalue weighted by molar-refractivity contribution is 5.99. The summed E-state index contributed by atoms with van der Waals surface area (Å²) in [5, 5.41) is 0. The van der Waals surface area contributed by atoms with Crippen molar-refractivity contribution in [1.29, 1.82) is 0 Å². The molecule has 0 fully saturated rings. The lowest BCUT2D eigenvalue weighted by Gasteiger charge is -2.27. The maximum atomic E-state index is 13.3. The van der Waals surface area contributed by atoms with E-state index in [-0.39, 0.29) is 23.2 Å². The Kier molecular flexibility index (Phi) is 5.09. The number of carbonyl (C=O) groups excluding carboxylic acids is 1. The lowest BCUT2D eigenvalue weighted by atomic mass is 10.1. The summed E-state index contributed by atoms with van der Waals surface area (Å²) in [6.07, 6.45) is 0. The van der Waals surface area contributed by atoms with Crippen molar-refractivity contribution in [3.63, 3.8) is 0 Å². The number of halogens is 1. The molecule has 0 saturated heterocycles. The molecule has 0 aliphatic carbocycles. The highest BCUT2D eigenvalue weighted by Crippen LogP contribution is 2.18. The minimum Gasteiger partial charge on any atom is -0.396 e. The van der Waals surface area contributed by atoms with Crippen LogP contribution in [0.3, 0.4) is 0 Å². The fraction of sp³-hybridized carbons (Fsp3) is 0.462. The number of hydrogen-bond acceptors (Lipinski definition) is 3. The molecular formula is C13H19FN2O2. The summed E-state index contributed by atoms with van der Waals surface area (Å²) in [5.74, 6) is -0.852. The molecular weight excluding hydrogens is 235 g/mol. The first kappa shape index (κ1) is 14.4. The van der Waals surface area contributed by atoms with E-state index >= 15 is 0 Å². The number of amides is 1. The van der Waals surface area contributed by atoms with Crippen molar-refractivity contribution in [3.8, 4) is 0 Å². The summed E-state index contributed by atoms with van der Waals surface area (Å²) in [5.41, 5.74) is 5.68. The second-order valence-corrected chi connectivity index (χ2v) is 4.29. The molecule has 0 saturated carbocycles. The molecule has 0 aliphatic heterocycles. The van der Waals surface area contributed by atoms with Crippen LogP contribution in [0.2, 0.25) is 0 Å². The topological polar surface area (TPSA) is 55.6 Å². The molecule has 1 aromatic rings. The molecule has 0 aromatic heterocycles. The fourth-order valence-electron chi connectivity index (χ4n) is 1.66. The van der Waals surface area contributed by atoms with Crippen LogP contribution in [0.5, 0.6) is 0 Å². The van der Waals surface area contributed by atoms with Crippen LogP contribution in [0, 0.1) is 5.82 Å². The number of ether oxygens (including phenoxy) is 1. The van der Waals surface area contributed by atoms with Gasteiger partial charge in [-0.25, -0.2) is 4.39 Å². The van der Waals surface area contributed by atoms with E-state index in [1.165, 1.54) is 18.2 Å². The fourth-order valence-corrected chi connectivity index (χ4v) is 1.66. The van der Waals surface area contributed by atoms with Crippen molar-refractivity contribution >= 4 is 11.6 Å². The van der Waals surface area contributed by atoms with Crippen LogP contribution in [-0.2, 0) is 4.74 Å². The van der Waals surface area contributed by atoms with Crippen LogP contribution in [0.1, 0.15) is 24.2 Å². The highest BCUT2D eigenvalue weighted by atomic mass is 19.1. The van der Waals surface area contributed by atoms with Gasteiger partial charge in [-0.3, -0.25) is 4.79 Å². The molecule has 2 N–H and O–H groups in total. The minimum atomic E-state index is -0.573. The molecule has 18 heavy (non-hydrogen) atoms. The molecule has 0 unspecified atom stereocenters. The van der Waals surface area contributed by atoms with Crippen LogP contribution < -0.4 is 5.73 Å². The van der Waals surface area contributed by atoms with Crippen molar-refractivity contribution < 1.29 is 13.9 Å². The molecule has 1 aromatic carbocycles. The second kappa shape index (κ2) is 6.35. The van der Waals surface area contributed by atoms with E-state index in [0.29, 0.717) is 13.2 Å². The Bertz CT molecular complexity index is 421. The molecule has 100 valence electrons. The van der Waals surface area contributed by atoms with Crippen LogP contribution >= 0.6 is 0 Å². The van der Waals surface area contributed by atoms with E-state index in [1.54, 1.807) is 12.0 Å². The summed E-state index contributed by atoms with van der Waals surface area (Å²) in [4.78, 5) is 13.9. The zero-order chi connectivity index (χ0) is 13.7. The van der Waals surface area contributed by atoms with Crippen molar-refractivity contribution in [3.05, 3.63) is 29.6 Å². The SMILES string of the molecule is COCCN(C(=O)c1cccc(F)c1N)C(C)C. The van der Waals surface area contributed by atoms with E-state index < -0.39 is 5.82 Å². The predicted octanol–water partition coefficient (Wildman–Crippen LogP) is 1.90. The number of methoxy groups -OCH3 is 1. The molecule has 0 spiro atoms. The lowest BCUT2D eigenvalue weighted by Crippen LogP contribution is -2.39. The summed E-state index contributed by atoms with van der Waals surface area (Å²) in [6, 6.07) is 4.24. The largest absolute Gasteiger partial charge is 0.396 e. The number of benzene rings is 1. The quantitative estimate of drug-likeness (QED) is 0.816. The highest BCUT2D eigenvalue weighted by Gasteiger charge is 2.21. The third-order valence-corrected chi connectivity index (χ3v) is 2.70. The van der Waals surface area contributed by atoms with Gasteiger partial charge in [0, 0.05) is 19.7 Å². The molecule has 0 atom stereocenters. The van der Waals surface area contributed by atoms with Crippen molar-refractivity contribution in [2.45, 2.75) is 19.9 Å². The zero-order valence-corrected chi connectivity index (χ0v) is 10.9. The predicted molar refractivity (Wildman–Crippen MR) is 68.9 cm³/mol. The van der Waals surface area contributed by atoms with Crippen molar-refractivity contribution in [2.75, 3.05) is 26.0 Å². The number of nitrogens with two attached hydrogens (primary N) is 1. The van der Waals surface area contributed by atoms with Crippen LogP contribution in [-0.4, -0.2) is 37.1 Å². The maximum absolute atomic E-state index is 13.3. The number of rotatable bonds is 5. The average Bonchev–Trinajstić information content (AvgIpc) is 2.32. The summed E-state index contributed by atoms with van der Waals surface area (Å²) >= 11 is 0. The number of hydrogen-bond donors (Lipinski definition) is 1. The van der Waals surface area contributed by atoms with Gasteiger partial charge in [-0.1, -0.05) is 6.07 Å². The number of nitrogens with zero attached hydrogens (tertiary/aromatic N) is 1. The first-order valence-electron chi connectivity index (χ1n) is 5.83. The van der Waals surface area contributed by atoms with Gasteiger partial charge >= 0.3 is 0 Å². The molecule has 0 radical (unpaired) electrons. The first-order valence-corrected chi connectivity index (χ1v) is 5.83. The third-order valence-electron chi connectivity index (χ3n) is 2.70. The summed E-state index contributed by atoms with van der Waals surface area (Å²) < 4.78 is 18.3. The maximum Gasteiger partial charge on any atom is 0.256 e. The normalized spacial score (nSPS) is 10.7. The van der Waals surface area contributed by atoms with E-state index in [0.717, 1.165) is 0 Å². The third kappa shape index (κ3) is 3.20. The average molecular weight is 254 g/mol. The Hall–Kier alpha value is -1.62. The second-order valence-electron chi connectivity index (χ2n) is 4.29. The van der Waals surface area contributed by atoms with Gasteiger partial charge in [-0.15, -0.1) is 0 Å². The summed E-state index contributed by atoms with van der Waals surface area (Å²) in [6.45, 7) is 4.66. The molecule has 4 nitrogen and oxygen atoms in total. The Balaban J connectivity index is 2.98. The number of anilines is 1. The van der Waals surface area contributed by atoms with Gasteiger partial charge in [0.2, 0.25) is 0 Å². The lowest BCUT2D eigenvalue weighted by molar-refractivity contribution is 0.0635. The van der Waals surface area contributed by atoms with E-state index in [1.807, 2.05) is 13.8 Å². The van der Waals surface area contributed by atoms with Gasteiger partial charge in [0.05, 0.1) is 17.9 Å². The number of carbonyl (C=O) groups is 1. The van der Waals surface area contributed by atoms with Crippen LogP contribution in [0.15, 0.2) is 18.2 Å². The van der Waals surface area contributed by atoms with Gasteiger partial charge in [0.1, 0.15) is 5.82 Å². The van der Waals surface area contributed by atoms with E-state index in [4.69, 9.17) is 10.5 Å². The molecule has 0 aliphatic rings. The molecule has 1 amide bonds. The molecule has 0 bridgehead atoms. The molecule has 0 heterocycles. The summed E-state index contributed by atoms with van der Waals surface area (Å²) in [7, 11) is 1.57.